The molecule has 3 aromatic rings. The average Bonchev–Trinajstić information content (AvgIpc) is 3.42. The van der Waals surface area contributed by atoms with Crippen LogP contribution in [0, 0.1) is 5.92 Å². The SMILES string of the molecule is COc1ccccc1N1CC(C(=O)N2CC=C(c3c[nH]c4ncccc34)CC2)CC1=O. The van der Waals surface area contributed by atoms with E-state index in [2.05, 4.69) is 22.1 Å². The Morgan fingerprint density at radius 2 is 2.10 bits per heavy atom. The van der Waals surface area contributed by atoms with E-state index in [1.807, 2.05) is 41.4 Å². The summed E-state index contributed by atoms with van der Waals surface area (Å²) in [7, 11) is 1.59. The summed E-state index contributed by atoms with van der Waals surface area (Å²) >= 11 is 0. The number of rotatable bonds is 4. The first-order valence-electron chi connectivity index (χ1n) is 10.5. The van der Waals surface area contributed by atoms with Gasteiger partial charge in [0.25, 0.3) is 0 Å². The van der Waals surface area contributed by atoms with Gasteiger partial charge in [0, 0.05) is 49.4 Å². The van der Waals surface area contributed by atoms with Gasteiger partial charge in [-0.3, -0.25) is 9.59 Å². The lowest BCUT2D eigenvalue weighted by atomic mass is 9.98. The zero-order chi connectivity index (χ0) is 21.4. The van der Waals surface area contributed by atoms with Crippen LogP contribution >= 0.6 is 0 Å². The van der Waals surface area contributed by atoms with Crippen LogP contribution in [-0.2, 0) is 9.59 Å². The average molecular weight is 416 g/mol. The molecule has 1 fully saturated rings. The molecule has 0 aliphatic carbocycles. The fraction of sp³-hybridized carbons (Fsp3) is 0.292. The van der Waals surface area contributed by atoms with Gasteiger partial charge in [-0.1, -0.05) is 18.2 Å². The number of hydrogen-bond acceptors (Lipinski definition) is 4. The summed E-state index contributed by atoms with van der Waals surface area (Å²) in [5.41, 5.74) is 3.96. The molecule has 0 spiro atoms. The molecule has 5 rings (SSSR count). The van der Waals surface area contributed by atoms with E-state index in [1.54, 1.807) is 18.2 Å². The Balaban J connectivity index is 1.29. The number of nitrogens with one attached hydrogen (secondary N) is 1. The van der Waals surface area contributed by atoms with Crippen molar-refractivity contribution in [3.8, 4) is 5.75 Å². The number of amides is 2. The number of aromatic nitrogens is 2. The number of para-hydroxylation sites is 2. The number of anilines is 1. The maximum atomic E-state index is 13.2. The maximum absolute atomic E-state index is 13.2. The predicted molar refractivity (Wildman–Crippen MR) is 119 cm³/mol. The van der Waals surface area contributed by atoms with Crippen LogP contribution in [0.3, 0.4) is 0 Å². The largest absolute Gasteiger partial charge is 0.495 e. The molecule has 1 unspecified atom stereocenters. The first-order chi connectivity index (χ1) is 15.2. The molecule has 1 aromatic carbocycles. The van der Waals surface area contributed by atoms with Crippen LogP contribution in [0.4, 0.5) is 5.69 Å². The number of carbonyl (C=O) groups excluding carboxylic acids is 2. The van der Waals surface area contributed by atoms with Gasteiger partial charge in [-0.25, -0.2) is 4.98 Å². The highest BCUT2D eigenvalue weighted by Gasteiger charge is 2.38. The van der Waals surface area contributed by atoms with E-state index in [0.29, 0.717) is 25.4 Å². The molecule has 0 saturated carbocycles. The Labute approximate surface area is 180 Å². The maximum Gasteiger partial charge on any atom is 0.228 e. The molecule has 2 aromatic heterocycles. The van der Waals surface area contributed by atoms with Gasteiger partial charge < -0.3 is 19.5 Å². The van der Waals surface area contributed by atoms with Gasteiger partial charge in [0.15, 0.2) is 0 Å². The zero-order valence-corrected chi connectivity index (χ0v) is 17.4. The minimum Gasteiger partial charge on any atom is -0.495 e. The van der Waals surface area contributed by atoms with Crippen LogP contribution in [0.25, 0.3) is 16.6 Å². The van der Waals surface area contributed by atoms with Crippen molar-refractivity contribution in [3.63, 3.8) is 0 Å². The minimum atomic E-state index is -0.329. The number of hydrogen-bond donors (Lipinski definition) is 1. The third-order valence-corrected chi connectivity index (χ3v) is 6.17. The molecule has 2 aliphatic heterocycles. The third kappa shape index (κ3) is 3.46. The number of methoxy groups -OCH3 is 1. The summed E-state index contributed by atoms with van der Waals surface area (Å²) in [5.74, 6) is 0.316. The number of pyridine rings is 1. The first kappa shape index (κ1) is 19.4. The summed E-state index contributed by atoms with van der Waals surface area (Å²) in [6.07, 6.45) is 6.89. The highest BCUT2D eigenvalue weighted by Crippen LogP contribution is 2.34. The normalized spacial score (nSPS) is 19.1. The van der Waals surface area contributed by atoms with Crippen molar-refractivity contribution >= 4 is 34.1 Å². The molecule has 0 bridgehead atoms. The number of nitrogens with zero attached hydrogens (tertiary/aromatic N) is 3. The van der Waals surface area contributed by atoms with Crippen LogP contribution in [0.5, 0.6) is 5.75 Å². The smallest absolute Gasteiger partial charge is 0.228 e. The lowest BCUT2D eigenvalue weighted by Gasteiger charge is -2.29. The Morgan fingerprint density at radius 3 is 2.90 bits per heavy atom. The van der Waals surface area contributed by atoms with Crippen LogP contribution in [0.15, 0.2) is 54.9 Å². The van der Waals surface area contributed by atoms with Gasteiger partial charge in [-0.05, 0) is 36.3 Å². The lowest BCUT2D eigenvalue weighted by molar-refractivity contribution is -0.135. The topological polar surface area (TPSA) is 78.5 Å². The second-order valence-corrected chi connectivity index (χ2v) is 7.94. The first-order valence-corrected chi connectivity index (χ1v) is 10.5. The van der Waals surface area contributed by atoms with Gasteiger partial charge in [-0.15, -0.1) is 0 Å². The van der Waals surface area contributed by atoms with E-state index < -0.39 is 0 Å². The Hall–Kier alpha value is -3.61. The van der Waals surface area contributed by atoms with E-state index in [4.69, 9.17) is 4.74 Å². The number of benzene rings is 1. The van der Waals surface area contributed by atoms with Gasteiger partial charge >= 0.3 is 0 Å². The Bertz CT molecular complexity index is 1180. The number of carbonyl (C=O) groups is 2. The van der Waals surface area contributed by atoms with Gasteiger partial charge in [0.2, 0.25) is 11.8 Å². The third-order valence-electron chi connectivity index (χ3n) is 6.17. The summed E-state index contributed by atoms with van der Waals surface area (Å²) in [6.45, 7) is 1.59. The van der Waals surface area contributed by atoms with Crippen molar-refractivity contribution in [2.45, 2.75) is 12.8 Å². The molecule has 7 nitrogen and oxygen atoms in total. The fourth-order valence-electron chi connectivity index (χ4n) is 4.55. The molecule has 4 heterocycles. The lowest BCUT2D eigenvalue weighted by Crippen LogP contribution is -2.39. The van der Waals surface area contributed by atoms with Crippen molar-refractivity contribution in [3.05, 3.63) is 60.4 Å². The number of fused-ring (bicyclic) bond motifs is 1. The highest BCUT2D eigenvalue weighted by atomic mass is 16.5. The predicted octanol–water partition coefficient (Wildman–Crippen LogP) is 3.24. The van der Waals surface area contributed by atoms with E-state index in [9.17, 15) is 9.59 Å². The van der Waals surface area contributed by atoms with E-state index in [1.165, 1.54) is 5.57 Å². The molecule has 2 aliphatic rings. The fourth-order valence-corrected chi connectivity index (χ4v) is 4.55. The second-order valence-electron chi connectivity index (χ2n) is 7.94. The molecular weight excluding hydrogens is 392 g/mol. The van der Waals surface area contributed by atoms with E-state index >= 15 is 0 Å². The monoisotopic (exact) mass is 416 g/mol. The second kappa shape index (κ2) is 7.91. The van der Waals surface area contributed by atoms with E-state index in [-0.39, 0.29) is 24.2 Å². The van der Waals surface area contributed by atoms with Crippen molar-refractivity contribution in [2.75, 3.05) is 31.6 Å². The van der Waals surface area contributed by atoms with Crippen LogP contribution in [-0.4, -0.2) is 53.4 Å². The Morgan fingerprint density at radius 1 is 1.23 bits per heavy atom. The molecule has 2 amide bonds. The minimum absolute atomic E-state index is 0.0395. The molecule has 7 heteroatoms. The van der Waals surface area contributed by atoms with Crippen LogP contribution < -0.4 is 9.64 Å². The van der Waals surface area contributed by atoms with Crippen molar-refractivity contribution < 1.29 is 14.3 Å². The summed E-state index contributed by atoms with van der Waals surface area (Å²) in [4.78, 5) is 36.9. The summed E-state index contributed by atoms with van der Waals surface area (Å²) in [6, 6.07) is 11.4. The van der Waals surface area contributed by atoms with Crippen LogP contribution in [0.2, 0.25) is 0 Å². The summed E-state index contributed by atoms with van der Waals surface area (Å²) < 4.78 is 5.39. The standard InChI is InChI=1S/C24H24N4O3/c1-31-21-7-3-2-6-20(21)28-15-17(13-22(28)29)24(30)27-11-8-16(9-12-27)19-14-26-23-18(19)5-4-10-25-23/h2-8,10,14,17H,9,11-13,15H2,1H3,(H,25,26). The molecule has 0 radical (unpaired) electrons. The number of ether oxygens (including phenoxy) is 1. The van der Waals surface area contributed by atoms with Gasteiger partial charge in [0.05, 0.1) is 18.7 Å². The summed E-state index contributed by atoms with van der Waals surface area (Å²) in [5, 5.41) is 1.10. The number of aromatic amines is 1. The van der Waals surface area contributed by atoms with Crippen molar-refractivity contribution in [1.29, 1.82) is 0 Å². The quantitative estimate of drug-likeness (QED) is 0.708. The molecule has 1 atom stereocenters. The molecule has 31 heavy (non-hydrogen) atoms. The van der Waals surface area contributed by atoms with Gasteiger partial charge in [0.1, 0.15) is 11.4 Å². The molecule has 158 valence electrons. The zero-order valence-electron chi connectivity index (χ0n) is 17.4. The van der Waals surface area contributed by atoms with Crippen LogP contribution in [0.1, 0.15) is 18.4 Å². The molecule has 1 N–H and O–H groups in total. The Kier molecular flexibility index (Phi) is 4.94. The van der Waals surface area contributed by atoms with Crippen molar-refractivity contribution in [1.82, 2.24) is 14.9 Å². The van der Waals surface area contributed by atoms with Crippen molar-refractivity contribution in [2.24, 2.45) is 5.92 Å². The number of H-pyrrole nitrogens is 1. The molecule has 1 saturated heterocycles. The molecular formula is C24H24N4O3. The highest BCUT2D eigenvalue weighted by molar-refractivity contribution is 6.01. The van der Waals surface area contributed by atoms with E-state index in [0.717, 1.165) is 28.7 Å². The van der Waals surface area contributed by atoms with Gasteiger partial charge in [-0.2, -0.15) is 0 Å².